The molecular formula is C15H19NO4S. The first-order valence-corrected chi connectivity index (χ1v) is 7.71. The zero-order valence-corrected chi connectivity index (χ0v) is 12.7. The summed E-state index contributed by atoms with van der Waals surface area (Å²) in [5.41, 5.74) is -0.695. The maximum absolute atomic E-state index is 12.4. The van der Waals surface area contributed by atoms with Crippen LogP contribution in [0.25, 0.3) is 6.08 Å². The number of carbonyl (C=O) groups is 2. The smallest absolute Gasteiger partial charge is 0.328 e. The number of carboxylic acid groups (broad SMARTS) is 1. The largest absolute Gasteiger partial charge is 0.478 e. The molecule has 0 aromatic carbocycles. The van der Waals surface area contributed by atoms with Crippen LogP contribution in [0.1, 0.15) is 40.7 Å². The number of hydrogen-bond acceptors (Lipinski definition) is 4. The summed E-state index contributed by atoms with van der Waals surface area (Å²) in [7, 11) is 0. The molecular weight excluding hydrogens is 290 g/mol. The number of aliphatic hydroxyl groups is 1. The number of carbonyl (C=O) groups excluding carboxylic acids is 1. The van der Waals surface area contributed by atoms with E-state index in [-0.39, 0.29) is 5.91 Å². The molecule has 1 unspecified atom stereocenters. The van der Waals surface area contributed by atoms with Gasteiger partial charge in [-0.1, -0.05) is 0 Å². The molecule has 2 N–H and O–H groups in total. The number of carboxylic acids is 1. The van der Waals surface area contributed by atoms with E-state index in [0.29, 0.717) is 30.8 Å². The van der Waals surface area contributed by atoms with Gasteiger partial charge in [-0.3, -0.25) is 4.79 Å². The van der Waals surface area contributed by atoms with E-state index in [1.165, 1.54) is 17.4 Å². The van der Waals surface area contributed by atoms with Crippen molar-refractivity contribution < 1.29 is 19.8 Å². The van der Waals surface area contributed by atoms with Crippen molar-refractivity contribution in [3.63, 3.8) is 0 Å². The third-order valence-corrected chi connectivity index (χ3v) is 4.62. The quantitative estimate of drug-likeness (QED) is 0.839. The third kappa shape index (κ3) is 4.41. The van der Waals surface area contributed by atoms with Gasteiger partial charge in [-0.05, 0) is 44.4 Å². The first kappa shape index (κ1) is 15.7. The van der Waals surface area contributed by atoms with Crippen LogP contribution in [0.5, 0.6) is 0 Å². The van der Waals surface area contributed by atoms with Crippen LogP contribution in [0, 0.1) is 0 Å². The molecule has 1 aromatic heterocycles. The van der Waals surface area contributed by atoms with Crippen LogP contribution in [0.2, 0.25) is 0 Å². The molecule has 2 rings (SSSR count). The van der Waals surface area contributed by atoms with Gasteiger partial charge < -0.3 is 15.1 Å². The molecule has 1 amide bonds. The third-order valence-electron chi connectivity index (χ3n) is 3.58. The standard InChI is InChI=1S/C15H19NO4S/c1-15(20)7-2-9-16(10-8-15)14(19)12-5-3-11(21-12)4-6-13(17)18/h3-6,20H,2,7-10H2,1H3,(H,17,18)/b6-4+. The Morgan fingerprint density at radius 2 is 2.10 bits per heavy atom. The van der Waals surface area contributed by atoms with E-state index in [1.807, 2.05) is 0 Å². The lowest BCUT2D eigenvalue weighted by Gasteiger charge is -2.22. The second-order valence-electron chi connectivity index (χ2n) is 5.52. The van der Waals surface area contributed by atoms with Crippen LogP contribution >= 0.6 is 11.3 Å². The Labute approximate surface area is 127 Å². The van der Waals surface area contributed by atoms with Crippen molar-refractivity contribution in [2.24, 2.45) is 0 Å². The van der Waals surface area contributed by atoms with E-state index in [4.69, 9.17) is 5.11 Å². The maximum atomic E-state index is 12.4. The Balaban J connectivity index is 2.04. The Hall–Kier alpha value is -1.66. The topological polar surface area (TPSA) is 77.8 Å². The Bertz CT molecular complexity index is 562. The molecule has 21 heavy (non-hydrogen) atoms. The van der Waals surface area contributed by atoms with Gasteiger partial charge in [0.1, 0.15) is 0 Å². The summed E-state index contributed by atoms with van der Waals surface area (Å²) in [6.07, 6.45) is 4.61. The molecule has 0 bridgehead atoms. The van der Waals surface area contributed by atoms with Crippen LogP contribution in [0.15, 0.2) is 18.2 Å². The summed E-state index contributed by atoms with van der Waals surface area (Å²) in [6, 6.07) is 3.46. The highest BCUT2D eigenvalue weighted by atomic mass is 32.1. The zero-order chi connectivity index (χ0) is 15.5. The minimum Gasteiger partial charge on any atom is -0.478 e. The molecule has 0 radical (unpaired) electrons. The van der Waals surface area contributed by atoms with Crippen molar-refractivity contribution in [2.75, 3.05) is 13.1 Å². The van der Waals surface area contributed by atoms with Crippen molar-refractivity contribution in [1.29, 1.82) is 0 Å². The van der Waals surface area contributed by atoms with E-state index in [0.717, 1.165) is 17.4 Å². The molecule has 0 spiro atoms. The second kappa shape index (κ2) is 6.41. The molecule has 1 atom stereocenters. The highest BCUT2D eigenvalue weighted by Gasteiger charge is 2.27. The first-order chi connectivity index (χ1) is 9.87. The van der Waals surface area contributed by atoms with Gasteiger partial charge in [0.25, 0.3) is 5.91 Å². The van der Waals surface area contributed by atoms with Crippen LogP contribution in [-0.2, 0) is 4.79 Å². The molecule has 5 nitrogen and oxygen atoms in total. The van der Waals surface area contributed by atoms with Gasteiger partial charge in [0, 0.05) is 24.0 Å². The summed E-state index contributed by atoms with van der Waals surface area (Å²) in [5.74, 6) is -1.06. The molecule has 1 aliphatic heterocycles. The molecule has 0 saturated carbocycles. The summed E-state index contributed by atoms with van der Waals surface area (Å²) < 4.78 is 0. The van der Waals surface area contributed by atoms with Crippen molar-refractivity contribution in [2.45, 2.75) is 31.8 Å². The minimum atomic E-state index is -1.01. The molecule has 0 aliphatic carbocycles. The maximum Gasteiger partial charge on any atom is 0.328 e. The van der Waals surface area contributed by atoms with Gasteiger partial charge in [-0.25, -0.2) is 4.79 Å². The van der Waals surface area contributed by atoms with E-state index >= 15 is 0 Å². The normalized spacial score (nSPS) is 23.2. The SMILES string of the molecule is CC1(O)CCCN(C(=O)c2ccc(/C=C/C(=O)O)s2)CC1. The second-order valence-corrected chi connectivity index (χ2v) is 6.63. The van der Waals surface area contributed by atoms with Crippen LogP contribution < -0.4 is 0 Å². The molecule has 6 heteroatoms. The lowest BCUT2D eigenvalue weighted by molar-refractivity contribution is -0.131. The van der Waals surface area contributed by atoms with E-state index in [2.05, 4.69) is 0 Å². The number of rotatable bonds is 3. The lowest BCUT2D eigenvalue weighted by Crippen LogP contribution is -2.33. The predicted molar refractivity (Wildman–Crippen MR) is 81.4 cm³/mol. The number of thiophene rings is 1. The molecule has 1 saturated heterocycles. The highest BCUT2D eigenvalue weighted by molar-refractivity contribution is 7.14. The van der Waals surface area contributed by atoms with Gasteiger partial charge >= 0.3 is 5.97 Å². The van der Waals surface area contributed by atoms with E-state index in [1.54, 1.807) is 24.0 Å². The fourth-order valence-electron chi connectivity index (χ4n) is 2.33. The monoisotopic (exact) mass is 309 g/mol. The highest BCUT2D eigenvalue weighted by Crippen LogP contribution is 2.25. The van der Waals surface area contributed by atoms with Crippen molar-refractivity contribution in [3.8, 4) is 0 Å². The number of hydrogen-bond donors (Lipinski definition) is 2. The van der Waals surface area contributed by atoms with Crippen molar-refractivity contribution in [3.05, 3.63) is 28.0 Å². The molecule has 1 fully saturated rings. The lowest BCUT2D eigenvalue weighted by atomic mass is 9.98. The van der Waals surface area contributed by atoms with E-state index < -0.39 is 11.6 Å². The van der Waals surface area contributed by atoms with E-state index in [9.17, 15) is 14.7 Å². The number of nitrogens with zero attached hydrogens (tertiary/aromatic N) is 1. The molecule has 114 valence electrons. The average molecular weight is 309 g/mol. The van der Waals surface area contributed by atoms with Gasteiger partial charge in [0.2, 0.25) is 0 Å². The van der Waals surface area contributed by atoms with Gasteiger partial charge in [0.15, 0.2) is 0 Å². The van der Waals surface area contributed by atoms with Crippen LogP contribution in [-0.4, -0.2) is 45.7 Å². The zero-order valence-electron chi connectivity index (χ0n) is 11.9. The Morgan fingerprint density at radius 3 is 2.81 bits per heavy atom. The van der Waals surface area contributed by atoms with Crippen molar-refractivity contribution in [1.82, 2.24) is 4.90 Å². The predicted octanol–water partition coefficient (Wildman–Crippen LogP) is 2.22. The summed E-state index contributed by atoms with van der Waals surface area (Å²) in [5, 5.41) is 18.6. The summed E-state index contributed by atoms with van der Waals surface area (Å²) >= 11 is 1.28. The number of amides is 1. The molecule has 2 heterocycles. The van der Waals surface area contributed by atoms with Gasteiger partial charge in [-0.2, -0.15) is 0 Å². The summed E-state index contributed by atoms with van der Waals surface area (Å²) in [6.45, 7) is 3.00. The Morgan fingerprint density at radius 1 is 1.33 bits per heavy atom. The van der Waals surface area contributed by atoms with Crippen LogP contribution in [0.4, 0.5) is 0 Å². The van der Waals surface area contributed by atoms with Crippen LogP contribution in [0.3, 0.4) is 0 Å². The number of aliphatic carboxylic acids is 1. The van der Waals surface area contributed by atoms with Crippen molar-refractivity contribution >= 4 is 29.3 Å². The summed E-state index contributed by atoms with van der Waals surface area (Å²) in [4.78, 5) is 26.0. The molecule has 1 aromatic rings. The van der Waals surface area contributed by atoms with Gasteiger partial charge in [0.05, 0.1) is 10.5 Å². The first-order valence-electron chi connectivity index (χ1n) is 6.90. The van der Waals surface area contributed by atoms with Gasteiger partial charge in [-0.15, -0.1) is 11.3 Å². The fraction of sp³-hybridized carbons (Fsp3) is 0.467. The minimum absolute atomic E-state index is 0.0484. The average Bonchev–Trinajstić information content (AvgIpc) is 2.80. The fourth-order valence-corrected chi connectivity index (χ4v) is 3.21. The molecule has 1 aliphatic rings. The Kier molecular flexibility index (Phi) is 4.80. The number of likely N-dealkylation sites (tertiary alicyclic amines) is 1.